The number of nitrogens with two attached hydrogens (primary N) is 1. The van der Waals surface area contributed by atoms with Crippen LogP contribution in [0.1, 0.15) is 40.0 Å². The van der Waals surface area contributed by atoms with Crippen LogP contribution in [0.5, 0.6) is 0 Å². The van der Waals surface area contributed by atoms with Gasteiger partial charge in [0.1, 0.15) is 5.82 Å². The zero-order valence-corrected chi connectivity index (χ0v) is 12.8. The van der Waals surface area contributed by atoms with Crippen molar-refractivity contribution in [3.8, 4) is 0 Å². The molecule has 1 aliphatic rings. The fraction of sp³-hybridized carbons (Fsp3) is 0.625. The SMILES string of the molecule is CC(C)(C)C1CCC(N)C(Sc2cccc(F)c2)C1. The van der Waals surface area contributed by atoms with Crippen LogP contribution in [0, 0.1) is 17.2 Å². The number of hydrogen-bond acceptors (Lipinski definition) is 2. The summed E-state index contributed by atoms with van der Waals surface area (Å²) in [6.45, 7) is 6.91. The van der Waals surface area contributed by atoms with Crippen molar-refractivity contribution in [2.24, 2.45) is 17.1 Å². The second-order valence-corrected chi connectivity index (χ2v) is 7.97. The van der Waals surface area contributed by atoms with E-state index in [0.717, 1.165) is 17.7 Å². The zero-order valence-electron chi connectivity index (χ0n) is 12.0. The fourth-order valence-corrected chi connectivity index (χ4v) is 4.12. The van der Waals surface area contributed by atoms with Gasteiger partial charge in [0, 0.05) is 16.2 Å². The molecule has 1 fully saturated rings. The average molecular weight is 281 g/mol. The van der Waals surface area contributed by atoms with Gasteiger partial charge < -0.3 is 5.73 Å². The molecule has 0 aromatic heterocycles. The molecule has 2 N–H and O–H groups in total. The Morgan fingerprint density at radius 1 is 1.26 bits per heavy atom. The molecule has 19 heavy (non-hydrogen) atoms. The first-order valence-electron chi connectivity index (χ1n) is 7.04. The van der Waals surface area contributed by atoms with Gasteiger partial charge in [-0.1, -0.05) is 26.8 Å². The Morgan fingerprint density at radius 2 is 2.00 bits per heavy atom. The molecule has 0 heterocycles. The standard InChI is InChI=1S/C16H24FNS/c1-16(2,3)11-7-8-14(18)15(9-11)19-13-6-4-5-12(17)10-13/h4-6,10-11,14-15H,7-9,18H2,1-3H3. The van der Waals surface area contributed by atoms with Crippen LogP contribution in [0.3, 0.4) is 0 Å². The lowest BCUT2D eigenvalue weighted by molar-refractivity contribution is 0.174. The highest BCUT2D eigenvalue weighted by molar-refractivity contribution is 8.00. The highest BCUT2D eigenvalue weighted by atomic mass is 32.2. The van der Waals surface area contributed by atoms with E-state index >= 15 is 0 Å². The number of benzene rings is 1. The number of hydrogen-bond donors (Lipinski definition) is 1. The lowest BCUT2D eigenvalue weighted by Crippen LogP contribution is -2.41. The topological polar surface area (TPSA) is 26.0 Å². The van der Waals surface area contributed by atoms with Crippen molar-refractivity contribution >= 4 is 11.8 Å². The Hall–Kier alpha value is -0.540. The molecule has 3 unspecified atom stereocenters. The normalized spacial score (nSPS) is 28.4. The van der Waals surface area contributed by atoms with Gasteiger partial charge in [-0.05, 0) is 48.8 Å². The fourth-order valence-electron chi connectivity index (χ4n) is 2.79. The molecular weight excluding hydrogens is 257 g/mol. The maximum Gasteiger partial charge on any atom is 0.124 e. The molecule has 0 spiro atoms. The van der Waals surface area contributed by atoms with Crippen molar-refractivity contribution < 1.29 is 4.39 Å². The smallest absolute Gasteiger partial charge is 0.124 e. The number of rotatable bonds is 2. The van der Waals surface area contributed by atoms with Crippen molar-refractivity contribution in [2.45, 2.75) is 56.2 Å². The molecule has 1 nitrogen and oxygen atoms in total. The second kappa shape index (κ2) is 5.84. The third-order valence-electron chi connectivity index (χ3n) is 4.15. The first-order chi connectivity index (χ1) is 8.86. The molecule has 3 heteroatoms. The third-order valence-corrected chi connectivity index (χ3v) is 5.52. The third kappa shape index (κ3) is 3.96. The lowest BCUT2D eigenvalue weighted by Gasteiger charge is -2.40. The van der Waals surface area contributed by atoms with Gasteiger partial charge in [-0.2, -0.15) is 0 Å². The molecule has 1 aliphatic carbocycles. The van der Waals surface area contributed by atoms with Crippen LogP contribution in [-0.4, -0.2) is 11.3 Å². The summed E-state index contributed by atoms with van der Waals surface area (Å²) in [5, 5.41) is 0.403. The first kappa shape index (κ1) is 14.9. The Kier molecular flexibility index (Phi) is 4.57. The van der Waals surface area contributed by atoms with Gasteiger partial charge in [0.25, 0.3) is 0 Å². The molecule has 3 atom stereocenters. The molecule has 0 amide bonds. The molecule has 0 radical (unpaired) electrons. The van der Waals surface area contributed by atoms with Crippen LogP contribution in [0.2, 0.25) is 0 Å². The first-order valence-corrected chi connectivity index (χ1v) is 7.92. The molecule has 0 saturated heterocycles. The summed E-state index contributed by atoms with van der Waals surface area (Å²) < 4.78 is 13.2. The predicted octanol–water partition coefficient (Wildman–Crippen LogP) is 4.46. The van der Waals surface area contributed by atoms with E-state index in [0.29, 0.717) is 16.6 Å². The van der Waals surface area contributed by atoms with Crippen LogP contribution in [0.25, 0.3) is 0 Å². The van der Waals surface area contributed by atoms with Crippen molar-refractivity contribution in [1.29, 1.82) is 0 Å². The lowest BCUT2D eigenvalue weighted by atomic mass is 9.71. The van der Waals surface area contributed by atoms with E-state index in [4.69, 9.17) is 5.73 Å². The van der Waals surface area contributed by atoms with Crippen LogP contribution in [0.4, 0.5) is 4.39 Å². The van der Waals surface area contributed by atoms with E-state index in [2.05, 4.69) is 20.8 Å². The Morgan fingerprint density at radius 3 is 2.63 bits per heavy atom. The zero-order chi connectivity index (χ0) is 14.0. The predicted molar refractivity (Wildman–Crippen MR) is 80.8 cm³/mol. The molecule has 106 valence electrons. The van der Waals surface area contributed by atoms with Gasteiger partial charge in [-0.15, -0.1) is 11.8 Å². The van der Waals surface area contributed by atoms with Crippen molar-refractivity contribution in [2.75, 3.05) is 0 Å². The van der Waals surface area contributed by atoms with Crippen LogP contribution in [0.15, 0.2) is 29.2 Å². The minimum absolute atomic E-state index is 0.165. The molecule has 2 rings (SSSR count). The van der Waals surface area contributed by atoms with Crippen LogP contribution in [-0.2, 0) is 0 Å². The van der Waals surface area contributed by atoms with E-state index < -0.39 is 0 Å². The van der Waals surface area contributed by atoms with Crippen LogP contribution >= 0.6 is 11.8 Å². The monoisotopic (exact) mass is 281 g/mol. The number of halogens is 1. The van der Waals surface area contributed by atoms with Gasteiger partial charge in [-0.25, -0.2) is 4.39 Å². The quantitative estimate of drug-likeness (QED) is 0.866. The molecule has 1 aromatic carbocycles. The summed E-state index contributed by atoms with van der Waals surface area (Å²) in [5.74, 6) is 0.542. The van der Waals surface area contributed by atoms with Gasteiger partial charge in [0.2, 0.25) is 0 Å². The summed E-state index contributed by atoms with van der Waals surface area (Å²) in [6, 6.07) is 7.07. The molecule has 1 saturated carbocycles. The highest BCUT2D eigenvalue weighted by Gasteiger charge is 2.34. The number of thioether (sulfide) groups is 1. The molecule has 0 bridgehead atoms. The van der Waals surface area contributed by atoms with E-state index in [1.165, 1.54) is 12.5 Å². The summed E-state index contributed by atoms with van der Waals surface area (Å²) >= 11 is 1.74. The summed E-state index contributed by atoms with van der Waals surface area (Å²) in [4.78, 5) is 0.995. The summed E-state index contributed by atoms with van der Waals surface area (Å²) in [5.41, 5.74) is 6.59. The van der Waals surface area contributed by atoms with Gasteiger partial charge in [0.15, 0.2) is 0 Å². The maximum absolute atomic E-state index is 13.2. The summed E-state index contributed by atoms with van der Waals surface area (Å²) in [6.07, 6.45) is 3.42. The summed E-state index contributed by atoms with van der Waals surface area (Å²) in [7, 11) is 0. The van der Waals surface area contributed by atoms with Crippen LogP contribution < -0.4 is 5.73 Å². The Bertz CT molecular complexity index is 427. The molecule has 0 aliphatic heterocycles. The van der Waals surface area contributed by atoms with Gasteiger partial charge in [-0.3, -0.25) is 0 Å². The largest absolute Gasteiger partial charge is 0.327 e. The van der Waals surface area contributed by atoms with Gasteiger partial charge in [0.05, 0.1) is 0 Å². The van der Waals surface area contributed by atoms with E-state index in [1.807, 2.05) is 6.07 Å². The maximum atomic E-state index is 13.2. The van der Waals surface area contributed by atoms with E-state index in [1.54, 1.807) is 23.9 Å². The highest BCUT2D eigenvalue weighted by Crippen LogP contribution is 2.42. The Labute approximate surface area is 120 Å². The van der Waals surface area contributed by atoms with Crippen molar-refractivity contribution in [3.63, 3.8) is 0 Å². The minimum Gasteiger partial charge on any atom is -0.327 e. The van der Waals surface area contributed by atoms with Crippen molar-refractivity contribution in [3.05, 3.63) is 30.1 Å². The van der Waals surface area contributed by atoms with E-state index in [9.17, 15) is 4.39 Å². The van der Waals surface area contributed by atoms with Crippen molar-refractivity contribution in [1.82, 2.24) is 0 Å². The minimum atomic E-state index is -0.165. The van der Waals surface area contributed by atoms with E-state index in [-0.39, 0.29) is 11.9 Å². The molecular formula is C16H24FNS. The molecule has 1 aromatic rings. The second-order valence-electron chi connectivity index (χ2n) is 6.65. The average Bonchev–Trinajstić information content (AvgIpc) is 2.30. The Balaban J connectivity index is 2.05. The van der Waals surface area contributed by atoms with Gasteiger partial charge >= 0.3 is 0 Å².